The molecule has 1 amide bonds. The van der Waals surface area contributed by atoms with E-state index in [2.05, 4.69) is 17.2 Å². The second-order valence-electron chi connectivity index (χ2n) is 4.52. The number of ether oxygens (including phenoxy) is 1. The summed E-state index contributed by atoms with van der Waals surface area (Å²) in [5.41, 5.74) is 0.267. The number of hydrogen-bond acceptors (Lipinski definition) is 3. The standard InChI is InChI=1S/C13H18N2O3/c1-2-11-9(5-6-18-11)7-15-13(17)10-3-4-12(16)14-8-10/h3-4,8-9,11H,2,5-7H2,1H3,(H,14,16)(H,15,17). The largest absolute Gasteiger partial charge is 0.378 e. The number of carbonyl (C=O) groups is 1. The SMILES string of the molecule is CCC1OCCC1CNC(=O)c1ccc(=O)[nH]c1. The normalized spacial score (nSPS) is 22.9. The molecule has 5 heteroatoms. The number of amides is 1. The summed E-state index contributed by atoms with van der Waals surface area (Å²) in [4.78, 5) is 25.2. The zero-order chi connectivity index (χ0) is 13.0. The minimum Gasteiger partial charge on any atom is -0.378 e. The quantitative estimate of drug-likeness (QED) is 0.834. The smallest absolute Gasteiger partial charge is 0.252 e. The maximum absolute atomic E-state index is 11.8. The molecule has 2 N–H and O–H groups in total. The number of aromatic amines is 1. The van der Waals surface area contributed by atoms with E-state index in [0.717, 1.165) is 19.4 Å². The first kappa shape index (κ1) is 12.8. The Morgan fingerprint density at radius 2 is 2.39 bits per heavy atom. The van der Waals surface area contributed by atoms with E-state index in [1.807, 2.05) is 0 Å². The van der Waals surface area contributed by atoms with Crippen molar-refractivity contribution in [3.63, 3.8) is 0 Å². The molecule has 0 spiro atoms. The average Bonchev–Trinajstić information content (AvgIpc) is 2.84. The molecule has 1 aliphatic rings. The van der Waals surface area contributed by atoms with Crippen LogP contribution < -0.4 is 10.9 Å². The molecule has 98 valence electrons. The van der Waals surface area contributed by atoms with Crippen LogP contribution in [0.15, 0.2) is 23.1 Å². The molecule has 0 bridgehead atoms. The minimum absolute atomic E-state index is 0.159. The van der Waals surface area contributed by atoms with Crippen LogP contribution in [0.1, 0.15) is 30.1 Å². The van der Waals surface area contributed by atoms with Gasteiger partial charge in [0.15, 0.2) is 0 Å². The lowest BCUT2D eigenvalue weighted by Crippen LogP contribution is -2.33. The van der Waals surface area contributed by atoms with Gasteiger partial charge >= 0.3 is 0 Å². The topological polar surface area (TPSA) is 71.2 Å². The van der Waals surface area contributed by atoms with Crippen LogP contribution in [-0.4, -0.2) is 30.1 Å². The molecule has 2 rings (SSSR count). The molecule has 0 aliphatic carbocycles. The van der Waals surface area contributed by atoms with Crippen molar-refractivity contribution in [2.75, 3.05) is 13.2 Å². The fraction of sp³-hybridized carbons (Fsp3) is 0.538. The zero-order valence-corrected chi connectivity index (χ0v) is 10.4. The third-order valence-electron chi connectivity index (χ3n) is 3.32. The highest BCUT2D eigenvalue weighted by molar-refractivity contribution is 5.93. The van der Waals surface area contributed by atoms with Gasteiger partial charge in [-0.05, 0) is 18.9 Å². The van der Waals surface area contributed by atoms with Gasteiger partial charge in [0.05, 0.1) is 11.7 Å². The first-order valence-electron chi connectivity index (χ1n) is 6.29. The molecule has 0 aromatic carbocycles. The molecule has 1 saturated heterocycles. The van der Waals surface area contributed by atoms with Crippen LogP contribution in [0.4, 0.5) is 0 Å². The Labute approximate surface area is 106 Å². The van der Waals surface area contributed by atoms with Gasteiger partial charge in [0, 0.05) is 31.3 Å². The number of H-pyrrole nitrogens is 1. The summed E-state index contributed by atoms with van der Waals surface area (Å²) in [5.74, 6) is 0.231. The van der Waals surface area contributed by atoms with Gasteiger partial charge in [0.1, 0.15) is 0 Å². The molecule has 1 fully saturated rings. The Hall–Kier alpha value is -1.62. The lowest BCUT2D eigenvalue weighted by molar-refractivity contribution is 0.0826. The third kappa shape index (κ3) is 2.98. The highest BCUT2D eigenvalue weighted by Crippen LogP contribution is 2.22. The van der Waals surface area contributed by atoms with E-state index in [1.54, 1.807) is 0 Å². The van der Waals surface area contributed by atoms with E-state index < -0.39 is 0 Å². The number of rotatable bonds is 4. The van der Waals surface area contributed by atoms with Gasteiger partial charge in [-0.15, -0.1) is 0 Å². The molecule has 2 heterocycles. The molecular formula is C13H18N2O3. The zero-order valence-electron chi connectivity index (χ0n) is 10.4. The predicted molar refractivity (Wildman–Crippen MR) is 67.5 cm³/mol. The van der Waals surface area contributed by atoms with Crippen molar-refractivity contribution in [2.24, 2.45) is 5.92 Å². The number of carbonyl (C=O) groups excluding carboxylic acids is 1. The number of nitrogens with one attached hydrogen (secondary N) is 2. The Morgan fingerprint density at radius 3 is 3.06 bits per heavy atom. The molecule has 1 aromatic rings. The van der Waals surface area contributed by atoms with Gasteiger partial charge in [-0.3, -0.25) is 9.59 Å². The molecule has 2 atom stereocenters. The molecular weight excluding hydrogens is 232 g/mol. The van der Waals surface area contributed by atoms with Crippen LogP contribution in [0.3, 0.4) is 0 Å². The van der Waals surface area contributed by atoms with Crippen molar-refractivity contribution in [3.05, 3.63) is 34.2 Å². The van der Waals surface area contributed by atoms with Crippen LogP contribution in [0.5, 0.6) is 0 Å². The summed E-state index contributed by atoms with van der Waals surface area (Å²) in [7, 11) is 0. The fourth-order valence-corrected chi connectivity index (χ4v) is 2.26. The number of pyridine rings is 1. The minimum atomic E-state index is -0.207. The molecule has 5 nitrogen and oxygen atoms in total. The van der Waals surface area contributed by atoms with Crippen LogP contribution in [-0.2, 0) is 4.74 Å². The van der Waals surface area contributed by atoms with Crippen molar-refractivity contribution in [2.45, 2.75) is 25.9 Å². The van der Waals surface area contributed by atoms with E-state index >= 15 is 0 Å². The highest BCUT2D eigenvalue weighted by Gasteiger charge is 2.26. The predicted octanol–water partition coefficient (Wildman–Crippen LogP) is 0.920. The van der Waals surface area contributed by atoms with Crippen LogP contribution in [0, 0.1) is 5.92 Å². The summed E-state index contributed by atoms with van der Waals surface area (Å²) in [6.45, 7) is 3.49. The lowest BCUT2D eigenvalue weighted by Gasteiger charge is -2.17. The molecule has 0 saturated carbocycles. The van der Waals surface area contributed by atoms with Crippen molar-refractivity contribution < 1.29 is 9.53 Å². The first-order chi connectivity index (χ1) is 8.70. The summed E-state index contributed by atoms with van der Waals surface area (Å²) in [6, 6.07) is 2.87. The van der Waals surface area contributed by atoms with Gasteiger partial charge in [-0.1, -0.05) is 6.92 Å². The van der Waals surface area contributed by atoms with E-state index in [-0.39, 0.29) is 17.6 Å². The van der Waals surface area contributed by atoms with Crippen molar-refractivity contribution in [3.8, 4) is 0 Å². The summed E-state index contributed by atoms with van der Waals surface area (Å²) in [5, 5.41) is 2.88. The van der Waals surface area contributed by atoms with Crippen LogP contribution >= 0.6 is 0 Å². The fourth-order valence-electron chi connectivity index (χ4n) is 2.26. The van der Waals surface area contributed by atoms with E-state index in [4.69, 9.17) is 4.74 Å². The van der Waals surface area contributed by atoms with E-state index in [9.17, 15) is 9.59 Å². The van der Waals surface area contributed by atoms with E-state index in [1.165, 1.54) is 18.3 Å². The maximum Gasteiger partial charge on any atom is 0.252 e. The van der Waals surface area contributed by atoms with Gasteiger partial charge in [-0.2, -0.15) is 0 Å². The van der Waals surface area contributed by atoms with Crippen LogP contribution in [0.2, 0.25) is 0 Å². The molecule has 2 unspecified atom stereocenters. The Bertz CT molecular complexity index is 449. The van der Waals surface area contributed by atoms with Gasteiger partial charge < -0.3 is 15.0 Å². The van der Waals surface area contributed by atoms with Crippen molar-refractivity contribution >= 4 is 5.91 Å². The third-order valence-corrected chi connectivity index (χ3v) is 3.32. The second kappa shape index (κ2) is 5.82. The lowest BCUT2D eigenvalue weighted by atomic mass is 9.99. The highest BCUT2D eigenvalue weighted by atomic mass is 16.5. The van der Waals surface area contributed by atoms with Crippen LogP contribution in [0.25, 0.3) is 0 Å². The van der Waals surface area contributed by atoms with Gasteiger partial charge in [0.25, 0.3) is 5.91 Å². The van der Waals surface area contributed by atoms with Crippen molar-refractivity contribution in [1.29, 1.82) is 0 Å². The van der Waals surface area contributed by atoms with E-state index in [0.29, 0.717) is 18.0 Å². The second-order valence-corrected chi connectivity index (χ2v) is 4.52. The monoisotopic (exact) mass is 250 g/mol. The Kier molecular flexibility index (Phi) is 4.15. The van der Waals surface area contributed by atoms with Gasteiger partial charge in [0.2, 0.25) is 5.56 Å². The molecule has 1 aromatic heterocycles. The number of aromatic nitrogens is 1. The maximum atomic E-state index is 11.8. The molecule has 1 aliphatic heterocycles. The number of hydrogen-bond donors (Lipinski definition) is 2. The summed E-state index contributed by atoms with van der Waals surface area (Å²) < 4.78 is 5.57. The summed E-state index contributed by atoms with van der Waals surface area (Å²) >= 11 is 0. The first-order valence-corrected chi connectivity index (χ1v) is 6.29. The van der Waals surface area contributed by atoms with Gasteiger partial charge in [-0.25, -0.2) is 0 Å². The molecule has 0 radical (unpaired) electrons. The average molecular weight is 250 g/mol. The Balaban J connectivity index is 1.88. The molecule has 18 heavy (non-hydrogen) atoms. The summed E-state index contributed by atoms with van der Waals surface area (Å²) in [6.07, 6.45) is 3.64. The Morgan fingerprint density at radius 1 is 1.56 bits per heavy atom. The van der Waals surface area contributed by atoms with Crippen molar-refractivity contribution in [1.82, 2.24) is 10.3 Å².